The third-order valence-electron chi connectivity index (χ3n) is 4.46. The fourth-order valence-electron chi connectivity index (χ4n) is 3.10. The van der Waals surface area contributed by atoms with E-state index in [2.05, 4.69) is 40.6 Å². The highest BCUT2D eigenvalue weighted by molar-refractivity contribution is 5.37. The molecule has 0 unspecified atom stereocenters. The Hall–Kier alpha value is -1.87. The maximum atomic E-state index is 5.34. The predicted molar refractivity (Wildman–Crippen MR) is 89.5 cm³/mol. The summed E-state index contributed by atoms with van der Waals surface area (Å²) < 4.78 is 5.34. The Kier molecular flexibility index (Phi) is 4.74. The van der Waals surface area contributed by atoms with Gasteiger partial charge >= 0.3 is 0 Å². The van der Waals surface area contributed by atoms with Gasteiger partial charge in [0.1, 0.15) is 5.75 Å². The van der Waals surface area contributed by atoms with Crippen molar-refractivity contribution in [2.24, 2.45) is 0 Å². The monoisotopic (exact) mass is 296 g/mol. The van der Waals surface area contributed by atoms with Crippen LogP contribution >= 0.6 is 0 Å². The van der Waals surface area contributed by atoms with E-state index < -0.39 is 0 Å². The predicted octanol–water partition coefficient (Wildman–Crippen LogP) is 3.09. The number of rotatable bonds is 5. The number of aromatic nitrogens is 1. The number of methoxy groups -OCH3 is 1. The van der Waals surface area contributed by atoms with Crippen LogP contribution in [0.1, 0.15) is 28.8 Å². The van der Waals surface area contributed by atoms with Crippen LogP contribution < -0.4 is 10.1 Å². The standard InChI is InChI=1S/C19H24N2O/c1-14-3-4-15(13-21-14)9-10-20-18-7-5-16-6-8-19(22-2)12-17(16)11-18/h3-4,6,8,12-13,18,20H,5,7,9-11H2,1-2H3/t18-/m1/s1. The van der Waals surface area contributed by atoms with Crippen LogP contribution in [-0.2, 0) is 19.3 Å². The topological polar surface area (TPSA) is 34.1 Å². The van der Waals surface area contributed by atoms with Crippen LogP contribution in [0.25, 0.3) is 0 Å². The zero-order chi connectivity index (χ0) is 15.4. The van der Waals surface area contributed by atoms with Crippen LogP contribution in [-0.4, -0.2) is 24.7 Å². The summed E-state index contributed by atoms with van der Waals surface area (Å²) in [5.41, 5.74) is 5.28. The van der Waals surface area contributed by atoms with E-state index in [-0.39, 0.29) is 0 Å². The van der Waals surface area contributed by atoms with E-state index in [1.54, 1.807) is 7.11 Å². The van der Waals surface area contributed by atoms with Gasteiger partial charge in [0.25, 0.3) is 0 Å². The van der Waals surface area contributed by atoms with E-state index in [9.17, 15) is 0 Å². The molecule has 3 heteroatoms. The molecule has 2 aromatic rings. The molecule has 0 radical (unpaired) electrons. The third kappa shape index (κ3) is 3.66. The Morgan fingerprint density at radius 3 is 2.91 bits per heavy atom. The highest BCUT2D eigenvalue weighted by Crippen LogP contribution is 2.25. The summed E-state index contributed by atoms with van der Waals surface area (Å²) in [5, 5.41) is 3.69. The molecule has 22 heavy (non-hydrogen) atoms. The van der Waals surface area contributed by atoms with Crippen LogP contribution in [0.15, 0.2) is 36.5 Å². The lowest BCUT2D eigenvalue weighted by Gasteiger charge is -2.26. The van der Waals surface area contributed by atoms with Crippen molar-refractivity contribution in [2.45, 2.75) is 38.6 Å². The fraction of sp³-hybridized carbons (Fsp3) is 0.421. The first-order chi connectivity index (χ1) is 10.7. The molecule has 1 N–H and O–H groups in total. The van der Waals surface area contributed by atoms with Gasteiger partial charge in [0, 0.05) is 17.9 Å². The van der Waals surface area contributed by atoms with Crippen LogP contribution in [0.5, 0.6) is 5.75 Å². The van der Waals surface area contributed by atoms with Gasteiger partial charge in [-0.2, -0.15) is 0 Å². The molecule has 1 aliphatic carbocycles. The highest BCUT2D eigenvalue weighted by atomic mass is 16.5. The van der Waals surface area contributed by atoms with E-state index in [1.165, 1.54) is 23.1 Å². The van der Waals surface area contributed by atoms with E-state index in [0.29, 0.717) is 6.04 Å². The summed E-state index contributed by atoms with van der Waals surface area (Å²) in [6.07, 6.45) is 6.49. The normalized spacial score (nSPS) is 17.1. The Balaban J connectivity index is 1.52. The molecule has 1 aromatic carbocycles. The van der Waals surface area contributed by atoms with Gasteiger partial charge in [-0.25, -0.2) is 0 Å². The number of pyridine rings is 1. The SMILES string of the molecule is COc1ccc2c(c1)C[C@H](NCCc1ccc(C)nc1)CC2. The molecule has 3 nitrogen and oxygen atoms in total. The number of hydrogen-bond donors (Lipinski definition) is 1. The molecular formula is C19H24N2O. The second kappa shape index (κ2) is 6.93. The lowest BCUT2D eigenvalue weighted by molar-refractivity contribution is 0.411. The Morgan fingerprint density at radius 1 is 1.23 bits per heavy atom. The second-order valence-corrected chi connectivity index (χ2v) is 6.09. The van der Waals surface area contributed by atoms with Gasteiger partial charge in [0.2, 0.25) is 0 Å². The quantitative estimate of drug-likeness (QED) is 0.920. The summed E-state index contributed by atoms with van der Waals surface area (Å²) >= 11 is 0. The summed E-state index contributed by atoms with van der Waals surface area (Å²) in [6, 6.07) is 11.3. The largest absolute Gasteiger partial charge is 0.497 e. The highest BCUT2D eigenvalue weighted by Gasteiger charge is 2.18. The first-order valence-corrected chi connectivity index (χ1v) is 8.05. The molecule has 0 amide bonds. The molecule has 0 saturated heterocycles. The number of nitrogens with one attached hydrogen (secondary N) is 1. The van der Waals surface area contributed by atoms with Crippen molar-refractivity contribution in [1.29, 1.82) is 0 Å². The first kappa shape index (κ1) is 15.0. The number of ether oxygens (including phenoxy) is 1. The number of benzene rings is 1. The average Bonchev–Trinajstić information content (AvgIpc) is 2.56. The smallest absolute Gasteiger partial charge is 0.119 e. The summed E-state index contributed by atoms with van der Waals surface area (Å²) in [4.78, 5) is 4.35. The first-order valence-electron chi connectivity index (χ1n) is 8.05. The molecule has 1 heterocycles. The van der Waals surface area contributed by atoms with E-state index in [0.717, 1.165) is 37.3 Å². The van der Waals surface area contributed by atoms with E-state index >= 15 is 0 Å². The molecular weight excluding hydrogens is 272 g/mol. The van der Waals surface area contributed by atoms with Gasteiger partial charge in [-0.15, -0.1) is 0 Å². The van der Waals surface area contributed by atoms with Crippen LogP contribution in [0.4, 0.5) is 0 Å². The van der Waals surface area contributed by atoms with Crippen LogP contribution in [0.2, 0.25) is 0 Å². The lowest BCUT2D eigenvalue weighted by Crippen LogP contribution is -2.35. The molecule has 0 saturated carbocycles. The molecule has 0 bridgehead atoms. The molecule has 1 aliphatic rings. The zero-order valence-electron chi connectivity index (χ0n) is 13.4. The minimum Gasteiger partial charge on any atom is -0.497 e. The van der Waals surface area contributed by atoms with Gasteiger partial charge in [-0.1, -0.05) is 12.1 Å². The van der Waals surface area contributed by atoms with Gasteiger partial charge < -0.3 is 10.1 Å². The van der Waals surface area contributed by atoms with Crippen molar-refractivity contribution in [3.8, 4) is 5.75 Å². The number of hydrogen-bond acceptors (Lipinski definition) is 3. The van der Waals surface area contributed by atoms with E-state index in [1.807, 2.05) is 13.1 Å². The summed E-state index contributed by atoms with van der Waals surface area (Å²) in [5.74, 6) is 0.963. The van der Waals surface area contributed by atoms with Crippen LogP contribution in [0, 0.1) is 6.92 Å². The molecule has 3 rings (SSSR count). The fourth-order valence-corrected chi connectivity index (χ4v) is 3.10. The molecule has 0 spiro atoms. The van der Waals surface area contributed by atoms with Crippen LogP contribution in [0.3, 0.4) is 0 Å². The lowest BCUT2D eigenvalue weighted by atomic mass is 9.88. The van der Waals surface area contributed by atoms with Crippen molar-refractivity contribution < 1.29 is 4.74 Å². The minimum absolute atomic E-state index is 0.568. The Morgan fingerprint density at radius 2 is 2.14 bits per heavy atom. The maximum absolute atomic E-state index is 5.34. The Labute approximate surface area is 132 Å². The van der Waals surface area contributed by atoms with Crippen molar-refractivity contribution in [2.75, 3.05) is 13.7 Å². The van der Waals surface area contributed by atoms with Crippen molar-refractivity contribution >= 4 is 0 Å². The minimum atomic E-state index is 0.568. The number of aryl methyl sites for hydroxylation is 2. The molecule has 116 valence electrons. The van der Waals surface area contributed by atoms with Crippen molar-refractivity contribution in [1.82, 2.24) is 10.3 Å². The Bertz CT molecular complexity index is 622. The molecule has 1 aromatic heterocycles. The van der Waals surface area contributed by atoms with Gasteiger partial charge in [0.15, 0.2) is 0 Å². The molecule has 1 atom stereocenters. The van der Waals surface area contributed by atoms with Gasteiger partial charge in [0.05, 0.1) is 7.11 Å². The van der Waals surface area contributed by atoms with Gasteiger partial charge in [-0.05, 0) is 74.0 Å². The molecule has 0 aliphatic heterocycles. The average molecular weight is 296 g/mol. The van der Waals surface area contributed by atoms with Crippen molar-refractivity contribution in [3.63, 3.8) is 0 Å². The summed E-state index contributed by atoms with van der Waals surface area (Å²) in [7, 11) is 1.73. The van der Waals surface area contributed by atoms with Crippen molar-refractivity contribution in [3.05, 3.63) is 58.9 Å². The maximum Gasteiger partial charge on any atom is 0.119 e. The molecule has 0 fully saturated rings. The van der Waals surface area contributed by atoms with Gasteiger partial charge in [-0.3, -0.25) is 4.98 Å². The second-order valence-electron chi connectivity index (χ2n) is 6.09. The third-order valence-corrected chi connectivity index (χ3v) is 4.46. The summed E-state index contributed by atoms with van der Waals surface area (Å²) in [6.45, 7) is 3.03. The number of fused-ring (bicyclic) bond motifs is 1. The van der Waals surface area contributed by atoms with E-state index in [4.69, 9.17) is 4.74 Å². The number of nitrogens with zero attached hydrogens (tertiary/aromatic N) is 1. The zero-order valence-corrected chi connectivity index (χ0v) is 13.4.